The molecule has 0 aromatic rings. The molecule has 0 bridgehead atoms. The molecule has 66 valence electrons. The van der Waals surface area contributed by atoms with Gasteiger partial charge in [-0.1, -0.05) is 0 Å². The van der Waals surface area contributed by atoms with Crippen molar-refractivity contribution < 1.29 is 4.79 Å². The van der Waals surface area contributed by atoms with E-state index in [1.807, 2.05) is 6.92 Å². The van der Waals surface area contributed by atoms with Gasteiger partial charge >= 0.3 is 6.03 Å². The molecule has 0 aromatic heterocycles. The molecule has 3 N–H and O–H groups in total. The monoisotopic (exact) mass is 168 g/mol. The van der Waals surface area contributed by atoms with Gasteiger partial charge in [0.15, 0.2) is 0 Å². The summed E-state index contributed by atoms with van der Waals surface area (Å²) in [6, 6.07) is -0.510. The van der Waals surface area contributed by atoms with Gasteiger partial charge in [-0.2, -0.15) is 0 Å². The van der Waals surface area contributed by atoms with Crippen molar-refractivity contribution in [1.29, 1.82) is 0 Å². The number of nitrogens with one attached hydrogen (secondary N) is 1. The fourth-order valence-corrected chi connectivity index (χ4v) is 0.973. The van der Waals surface area contributed by atoms with E-state index in [1.54, 1.807) is 12.4 Å². The zero-order chi connectivity index (χ0) is 9.03. The lowest BCUT2D eigenvalue weighted by atomic mass is 10.1. The maximum absolute atomic E-state index is 10.3. The summed E-state index contributed by atoms with van der Waals surface area (Å²) in [6.45, 7) is 2.40. The molecule has 1 heterocycles. The van der Waals surface area contributed by atoms with Gasteiger partial charge in [0.1, 0.15) is 5.66 Å². The maximum Gasteiger partial charge on any atom is 0.312 e. The van der Waals surface area contributed by atoms with Crippen LogP contribution in [0.5, 0.6) is 0 Å². The highest BCUT2D eigenvalue weighted by molar-refractivity contribution is 6.17. The lowest BCUT2D eigenvalue weighted by Crippen LogP contribution is -2.33. The van der Waals surface area contributed by atoms with Gasteiger partial charge in [-0.15, -0.1) is 0 Å². The van der Waals surface area contributed by atoms with E-state index in [-0.39, 0.29) is 0 Å². The van der Waals surface area contributed by atoms with Crippen LogP contribution in [0.1, 0.15) is 13.3 Å². The number of aliphatic imine (C=N–C) groups is 2. The zero-order valence-electron chi connectivity index (χ0n) is 6.95. The van der Waals surface area contributed by atoms with Gasteiger partial charge in [-0.05, 0) is 6.92 Å². The van der Waals surface area contributed by atoms with Gasteiger partial charge in [0.05, 0.1) is 0 Å². The van der Waals surface area contributed by atoms with Crippen LogP contribution >= 0.6 is 0 Å². The number of carbonyl (C=O) groups is 1. The van der Waals surface area contributed by atoms with Crippen LogP contribution in [0.2, 0.25) is 0 Å². The summed E-state index contributed by atoms with van der Waals surface area (Å²) in [5, 5.41) is 2.49. The van der Waals surface area contributed by atoms with E-state index < -0.39 is 11.7 Å². The standard InChI is InChI=1S/C7H12N4O/c1-7(10-4-5-11-7)2-3-9-6(8)12/h4-5H,2-3H2,1H3,(H3,8,9,12). The Hall–Kier alpha value is -1.39. The fourth-order valence-electron chi connectivity index (χ4n) is 0.973. The van der Waals surface area contributed by atoms with Crippen molar-refractivity contribution in [2.24, 2.45) is 15.7 Å². The van der Waals surface area contributed by atoms with E-state index in [0.29, 0.717) is 13.0 Å². The first-order valence-electron chi connectivity index (χ1n) is 3.75. The Labute approximate surface area is 70.8 Å². The third kappa shape index (κ3) is 2.34. The molecular weight excluding hydrogens is 156 g/mol. The summed E-state index contributed by atoms with van der Waals surface area (Å²) in [5.41, 5.74) is 4.49. The molecular formula is C7H12N4O. The molecule has 0 radical (unpaired) electrons. The number of hydrogen-bond donors (Lipinski definition) is 2. The van der Waals surface area contributed by atoms with Crippen molar-refractivity contribution in [1.82, 2.24) is 5.32 Å². The topological polar surface area (TPSA) is 79.8 Å². The Morgan fingerprint density at radius 3 is 2.67 bits per heavy atom. The smallest absolute Gasteiger partial charge is 0.312 e. The van der Waals surface area contributed by atoms with E-state index in [1.165, 1.54) is 0 Å². The molecule has 0 saturated carbocycles. The summed E-state index contributed by atoms with van der Waals surface area (Å²) in [6.07, 6.45) is 3.98. The van der Waals surface area contributed by atoms with Gasteiger partial charge in [0.25, 0.3) is 0 Å². The van der Waals surface area contributed by atoms with Crippen LogP contribution in [0.4, 0.5) is 4.79 Å². The molecule has 0 spiro atoms. The van der Waals surface area contributed by atoms with Gasteiger partial charge in [-0.3, -0.25) is 9.98 Å². The molecule has 12 heavy (non-hydrogen) atoms. The molecule has 0 aromatic carbocycles. The molecule has 1 aliphatic rings. The highest BCUT2D eigenvalue weighted by Gasteiger charge is 2.21. The molecule has 0 fully saturated rings. The average molecular weight is 168 g/mol. The van der Waals surface area contributed by atoms with Crippen molar-refractivity contribution in [2.45, 2.75) is 19.0 Å². The Balaban J connectivity index is 2.27. The predicted octanol–water partition coefficient (Wildman–Crippen LogP) is -0.0838. The Bertz CT molecular complexity index is 222. The highest BCUT2D eigenvalue weighted by atomic mass is 16.2. The normalized spacial score (nSPS) is 18.1. The number of carbonyl (C=O) groups excluding carboxylic acids is 1. The largest absolute Gasteiger partial charge is 0.352 e. The Morgan fingerprint density at radius 2 is 2.17 bits per heavy atom. The minimum absolute atomic E-state index is 0.400. The first kappa shape index (κ1) is 8.70. The molecule has 1 aliphatic heterocycles. The first-order valence-corrected chi connectivity index (χ1v) is 3.75. The molecule has 1 rings (SSSR count). The quantitative estimate of drug-likeness (QED) is 0.607. The van der Waals surface area contributed by atoms with Crippen LogP contribution in [0.25, 0.3) is 0 Å². The van der Waals surface area contributed by atoms with Gasteiger partial charge in [-0.25, -0.2) is 4.79 Å². The average Bonchev–Trinajstić information content (AvgIpc) is 2.35. The second-order valence-electron chi connectivity index (χ2n) is 2.81. The van der Waals surface area contributed by atoms with Crippen molar-refractivity contribution in [3.05, 3.63) is 0 Å². The molecule has 5 heteroatoms. The number of nitrogens with zero attached hydrogens (tertiary/aromatic N) is 2. The first-order chi connectivity index (χ1) is 5.62. The third-order valence-corrected chi connectivity index (χ3v) is 1.67. The van der Waals surface area contributed by atoms with Crippen LogP contribution in [0.3, 0.4) is 0 Å². The van der Waals surface area contributed by atoms with E-state index in [9.17, 15) is 4.79 Å². The highest BCUT2D eigenvalue weighted by Crippen LogP contribution is 2.17. The SMILES string of the molecule is CC1(CCNC(N)=O)N=CC=N1. The number of hydrogen-bond acceptors (Lipinski definition) is 3. The molecule has 2 amide bonds. The van der Waals surface area contributed by atoms with Gasteiger partial charge in [0, 0.05) is 25.4 Å². The summed E-state index contributed by atoms with van der Waals surface area (Å²) in [5.74, 6) is 0. The Kier molecular flexibility index (Phi) is 2.42. The summed E-state index contributed by atoms with van der Waals surface area (Å²) in [7, 11) is 0. The van der Waals surface area contributed by atoms with Crippen LogP contribution in [-0.2, 0) is 0 Å². The number of urea groups is 1. The maximum atomic E-state index is 10.3. The van der Waals surface area contributed by atoms with Crippen LogP contribution in [-0.4, -0.2) is 30.7 Å². The van der Waals surface area contributed by atoms with E-state index in [4.69, 9.17) is 5.73 Å². The summed E-state index contributed by atoms with van der Waals surface area (Å²) < 4.78 is 0. The minimum atomic E-state index is -0.510. The Morgan fingerprint density at radius 1 is 1.58 bits per heavy atom. The molecule has 0 saturated heterocycles. The van der Waals surface area contributed by atoms with Gasteiger partial charge in [0.2, 0.25) is 0 Å². The van der Waals surface area contributed by atoms with E-state index in [0.717, 1.165) is 0 Å². The van der Waals surface area contributed by atoms with E-state index in [2.05, 4.69) is 15.3 Å². The number of primary amides is 1. The molecule has 0 atom stereocenters. The van der Waals surface area contributed by atoms with Gasteiger partial charge < -0.3 is 11.1 Å². The van der Waals surface area contributed by atoms with E-state index >= 15 is 0 Å². The third-order valence-electron chi connectivity index (χ3n) is 1.67. The number of nitrogens with two attached hydrogens (primary N) is 1. The van der Waals surface area contributed by atoms with Crippen LogP contribution in [0, 0.1) is 0 Å². The van der Waals surface area contributed by atoms with Crippen molar-refractivity contribution in [2.75, 3.05) is 6.54 Å². The number of rotatable bonds is 3. The van der Waals surface area contributed by atoms with Crippen molar-refractivity contribution in [3.63, 3.8) is 0 Å². The summed E-state index contributed by atoms with van der Waals surface area (Å²) >= 11 is 0. The van der Waals surface area contributed by atoms with Crippen molar-refractivity contribution >= 4 is 18.5 Å². The minimum Gasteiger partial charge on any atom is -0.352 e. The summed E-state index contributed by atoms with van der Waals surface area (Å²) in [4.78, 5) is 18.6. The fraction of sp³-hybridized carbons (Fsp3) is 0.571. The molecule has 0 unspecified atom stereocenters. The molecule has 5 nitrogen and oxygen atoms in total. The lowest BCUT2D eigenvalue weighted by Gasteiger charge is -2.16. The van der Waals surface area contributed by atoms with Crippen LogP contribution < -0.4 is 11.1 Å². The zero-order valence-corrected chi connectivity index (χ0v) is 6.95. The van der Waals surface area contributed by atoms with Crippen LogP contribution in [0.15, 0.2) is 9.98 Å². The second kappa shape index (κ2) is 3.34. The van der Waals surface area contributed by atoms with Crippen molar-refractivity contribution in [3.8, 4) is 0 Å². The predicted molar refractivity (Wildman–Crippen MR) is 47.6 cm³/mol. The number of amides is 2. The second-order valence-corrected chi connectivity index (χ2v) is 2.81. The lowest BCUT2D eigenvalue weighted by molar-refractivity contribution is 0.248. The molecule has 0 aliphatic carbocycles.